The van der Waals surface area contributed by atoms with E-state index >= 15 is 0 Å². The molecule has 2 aliphatic rings. The number of nitrogens with one attached hydrogen (secondary N) is 1. The van der Waals surface area contributed by atoms with Crippen LogP contribution in [0.5, 0.6) is 5.75 Å². The molecule has 0 amide bonds. The summed E-state index contributed by atoms with van der Waals surface area (Å²) in [6, 6.07) is 4.51. The number of unbranched alkanes of at least 4 members (excludes halogenated alkanes) is 3. The molecule has 2 N–H and O–H groups in total. The van der Waals surface area contributed by atoms with Crippen LogP contribution in [0, 0.1) is 6.92 Å². The highest BCUT2D eigenvalue weighted by Gasteiger charge is 2.43. The van der Waals surface area contributed by atoms with Crippen molar-refractivity contribution in [1.82, 2.24) is 23.9 Å². The zero-order chi connectivity index (χ0) is 31.3. The van der Waals surface area contributed by atoms with Gasteiger partial charge >= 0.3 is 0 Å². The van der Waals surface area contributed by atoms with E-state index in [0.29, 0.717) is 48.0 Å². The van der Waals surface area contributed by atoms with Crippen LogP contribution in [0.1, 0.15) is 83.2 Å². The van der Waals surface area contributed by atoms with Crippen LogP contribution < -0.4 is 10.3 Å². The van der Waals surface area contributed by atoms with Gasteiger partial charge in [0, 0.05) is 32.4 Å². The lowest BCUT2D eigenvalue weighted by Gasteiger charge is -2.32. The van der Waals surface area contributed by atoms with Crippen molar-refractivity contribution in [2.75, 3.05) is 32.9 Å². The predicted molar refractivity (Wildman–Crippen MR) is 165 cm³/mol. The van der Waals surface area contributed by atoms with E-state index in [2.05, 4.69) is 16.9 Å². The quantitative estimate of drug-likeness (QED) is 0.252. The number of aromatic nitrogens is 4. The van der Waals surface area contributed by atoms with Gasteiger partial charge in [0.15, 0.2) is 17.1 Å². The third-order valence-corrected chi connectivity index (χ3v) is 10.3. The number of imidazole rings is 1. The number of hydrogen-bond acceptors (Lipinski definition) is 9. The van der Waals surface area contributed by atoms with E-state index in [0.717, 1.165) is 57.8 Å². The number of aliphatic hydroxyl groups excluding tert-OH is 1. The molecule has 0 bridgehead atoms. The molecule has 1 saturated heterocycles. The van der Waals surface area contributed by atoms with Crippen molar-refractivity contribution in [3.05, 3.63) is 40.1 Å². The summed E-state index contributed by atoms with van der Waals surface area (Å²) in [6.07, 6.45) is 9.19. The van der Waals surface area contributed by atoms with Crippen LogP contribution in [-0.4, -0.2) is 82.2 Å². The van der Waals surface area contributed by atoms with Gasteiger partial charge in [-0.2, -0.15) is 4.31 Å². The lowest BCUT2D eigenvalue weighted by molar-refractivity contribution is -0.187. The lowest BCUT2D eigenvalue weighted by atomic mass is 9.94. The van der Waals surface area contributed by atoms with E-state index in [-0.39, 0.29) is 36.0 Å². The number of hydrogen-bond donors (Lipinski definition) is 2. The number of sulfonamides is 1. The Kier molecular flexibility index (Phi) is 10.4. The van der Waals surface area contributed by atoms with E-state index in [1.165, 1.54) is 16.4 Å². The molecule has 1 spiro atoms. The van der Waals surface area contributed by atoms with E-state index in [4.69, 9.17) is 19.3 Å². The highest BCUT2D eigenvalue weighted by Crippen LogP contribution is 2.38. The Morgan fingerprint density at radius 1 is 1.18 bits per heavy atom. The van der Waals surface area contributed by atoms with E-state index < -0.39 is 21.9 Å². The maximum atomic E-state index is 14.0. The Balaban J connectivity index is 1.48. The van der Waals surface area contributed by atoms with Crippen LogP contribution in [0.3, 0.4) is 0 Å². The second-order valence-corrected chi connectivity index (χ2v) is 13.6. The summed E-state index contributed by atoms with van der Waals surface area (Å²) in [4.78, 5) is 20.7. The third kappa shape index (κ3) is 6.86. The first-order valence-corrected chi connectivity index (χ1v) is 17.3. The van der Waals surface area contributed by atoms with E-state index in [1.807, 2.05) is 6.92 Å². The maximum Gasteiger partial charge on any atom is 0.277 e. The first kappa shape index (κ1) is 32.6. The van der Waals surface area contributed by atoms with Crippen molar-refractivity contribution in [1.29, 1.82) is 0 Å². The minimum absolute atomic E-state index is 0.0138. The summed E-state index contributed by atoms with van der Waals surface area (Å²) in [7, 11) is -4.09. The molecule has 2 fully saturated rings. The molecule has 3 aromatic rings. The second kappa shape index (κ2) is 14.1. The van der Waals surface area contributed by atoms with Crippen LogP contribution in [0.4, 0.5) is 0 Å². The lowest BCUT2D eigenvalue weighted by Crippen LogP contribution is -2.41. The largest absolute Gasteiger partial charge is 0.493 e. The van der Waals surface area contributed by atoms with Crippen LogP contribution in [0.25, 0.3) is 16.9 Å². The van der Waals surface area contributed by atoms with Gasteiger partial charge in [-0.3, -0.25) is 4.79 Å². The fourth-order valence-electron chi connectivity index (χ4n) is 6.22. The van der Waals surface area contributed by atoms with Gasteiger partial charge < -0.3 is 24.3 Å². The number of fused-ring (bicyclic) bond motifs is 1. The van der Waals surface area contributed by atoms with Gasteiger partial charge in [0.05, 0.1) is 42.1 Å². The average Bonchev–Trinajstić information content (AvgIpc) is 3.55. The molecule has 12 nitrogen and oxygen atoms in total. The molecule has 1 unspecified atom stereocenters. The number of rotatable bonds is 14. The number of aryl methyl sites for hydroxylation is 2. The molecule has 1 aliphatic carbocycles. The number of aromatic amines is 1. The number of aliphatic hydroxyl groups is 1. The van der Waals surface area contributed by atoms with Crippen molar-refractivity contribution in [2.45, 2.75) is 102 Å². The summed E-state index contributed by atoms with van der Waals surface area (Å²) < 4.78 is 49.0. The molecule has 1 saturated carbocycles. The zero-order valence-electron chi connectivity index (χ0n) is 26.0. The van der Waals surface area contributed by atoms with Crippen molar-refractivity contribution < 1.29 is 27.7 Å². The van der Waals surface area contributed by atoms with Crippen LogP contribution in [0.15, 0.2) is 27.9 Å². The van der Waals surface area contributed by atoms with E-state index in [1.54, 1.807) is 17.5 Å². The molecule has 1 atom stereocenters. The Bertz CT molecular complexity index is 1600. The van der Waals surface area contributed by atoms with E-state index in [9.17, 15) is 18.3 Å². The monoisotopic (exact) mass is 631 g/mol. The molecular formula is C31H45N5O7S. The minimum atomic E-state index is -4.09. The molecule has 3 heterocycles. The first-order valence-electron chi connectivity index (χ1n) is 15.9. The van der Waals surface area contributed by atoms with Gasteiger partial charge in [-0.25, -0.2) is 17.9 Å². The zero-order valence-corrected chi connectivity index (χ0v) is 26.8. The maximum absolute atomic E-state index is 14.0. The smallest absolute Gasteiger partial charge is 0.277 e. The number of benzene rings is 1. The van der Waals surface area contributed by atoms with Gasteiger partial charge in [-0.15, -0.1) is 5.10 Å². The fourth-order valence-corrected chi connectivity index (χ4v) is 7.71. The van der Waals surface area contributed by atoms with Gasteiger partial charge in [-0.1, -0.05) is 32.6 Å². The number of ether oxygens (including phenoxy) is 3. The summed E-state index contributed by atoms with van der Waals surface area (Å²) in [5, 5.41) is 14.5. The highest BCUT2D eigenvalue weighted by atomic mass is 32.2. The molecule has 44 heavy (non-hydrogen) atoms. The van der Waals surface area contributed by atoms with Crippen LogP contribution in [0.2, 0.25) is 0 Å². The normalized spacial score (nSPS) is 18.5. The topological polar surface area (TPSA) is 148 Å². The second-order valence-electron chi connectivity index (χ2n) is 11.7. The average molecular weight is 632 g/mol. The SMILES string of the molecule is CCCCCCc1nc(C)c2c(=O)[nH]c(-c3cc(S(=O)(=O)N(CCO)CC4COC5(CCCCC5)O4)ccc3OCC)nn12. The molecule has 0 radical (unpaired) electrons. The number of H-pyrrole nitrogens is 1. The Morgan fingerprint density at radius 2 is 1.98 bits per heavy atom. The standard InChI is InChI=1S/C31H45N5O7S/c1-4-6-7-9-12-27-32-22(3)28-30(38)33-29(34-36(27)28)25-19-24(13-14-26(25)41-5-2)44(39,40)35(17-18-37)20-23-21-42-31(43-23)15-10-8-11-16-31/h13-14,19,23,37H,4-12,15-18,20-21H2,1-3H3,(H,33,34,38). The Hall–Kier alpha value is -2.84. The van der Waals surface area contributed by atoms with Crippen molar-refractivity contribution in [3.63, 3.8) is 0 Å². The first-order chi connectivity index (χ1) is 21.2. The fraction of sp³-hybridized carbons (Fsp3) is 0.645. The van der Waals surface area contributed by atoms with Crippen molar-refractivity contribution >= 4 is 15.5 Å². The molecule has 2 aromatic heterocycles. The molecule has 1 aromatic carbocycles. The number of nitrogens with zero attached hydrogens (tertiary/aromatic N) is 4. The van der Waals surface area contributed by atoms with Crippen molar-refractivity contribution in [2.24, 2.45) is 0 Å². The predicted octanol–water partition coefficient (Wildman–Crippen LogP) is 3.97. The van der Waals surface area contributed by atoms with Crippen molar-refractivity contribution in [3.8, 4) is 17.1 Å². The summed E-state index contributed by atoms with van der Waals surface area (Å²) >= 11 is 0. The van der Waals surface area contributed by atoms with Crippen LogP contribution in [-0.2, 0) is 25.9 Å². The van der Waals surface area contributed by atoms with Gasteiger partial charge in [0.1, 0.15) is 11.6 Å². The summed E-state index contributed by atoms with van der Waals surface area (Å²) in [5.74, 6) is 0.610. The van der Waals surface area contributed by atoms with Gasteiger partial charge in [0.2, 0.25) is 10.0 Å². The Labute approximate surface area is 258 Å². The Morgan fingerprint density at radius 3 is 2.70 bits per heavy atom. The highest BCUT2D eigenvalue weighted by molar-refractivity contribution is 7.89. The molecule has 1 aliphatic heterocycles. The molecule has 242 valence electrons. The molecule has 13 heteroatoms. The summed E-state index contributed by atoms with van der Waals surface area (Å²) in [6.45, 7) is 5.97. The minimum Gasteiger partial charge on any atom is -0.493 e. The van der Waals surface area contributed by atoms with Crippen LogP contribution >= 0.6 is 0 Å². The van der Waals surface area contributed by atoms with Gasteiger partial charge in [-0.05, 0) is 51.3 Å². The van der Waals surface area contributed by atoms with Gasteiger partial charge in [0.25, 0.3) is 5.56 Å². The third-order valence-electron chi connectivity index (χ3n) is 8.43. The molecule has 5 rings (SSSR count). The summed E-state index contributed by atoms with van der Waals surface area (Å²) in [5.41, 5.74) is 0.919. The molecular weight excluding hydrogens is 586 g/mol.